The molecule has 0 bridgehead atoms. The van der Waals surface area contributed by atoms with Crippen LogP contribution in [-0.4, -0.2) is 14.5 Å². The first kappa shape index (κ1) is 12.7. The SMILES string of the molecule is CC(N)c1nc2cc(F)ccc2n1-c1cncc(F)c1. The van der Waals surface area contributed by atoms with E-state index in [4.69, 9.17) is 5.73 Å². The van der Waals surface area contributed by atoms with Gasteiger partial charge in [0.05, 0.1) is 35.2 Å². The average molecular weight is 274 g/mol. The van der Waals surface area contributed by atoms with Crippen LogP contribution < -0.4 is 5.73 Å². The molecule has 2 heterocycles. The standard InChI is InChI=1S/C14H12F2N4/c1-8(17)14-19-12-5-9(15)2-3-13(12)20(14)11-4-10(16)6-18-7-11/h2-8H,17H2,1H3. The Morgan fingerprint density at radius 3 is 2.65 bits per heavy atom. The van der Waals surface area contributed by atoms with Crippen molar-refractivity contribution in [2.75, 3.05) is 0 Å². The van der Waals surface area contributed by atoms with E-state index < -0.39 is 5.82 Å². The van der Waals surface area contributed by atoms with E-state index in [9.17, 15) is 8.78 Å². The first-order valence-electron chi connectivity index (χ1n) is 6.10. The largest absolute Gasteiger partial charge is 0.322 e. The van der Waals surface area contributed by atoms with Crippen LogP contribution in [0.5, 0.6) is 0 Å². The van der Waals surface area contributed by atoms with Gasteiger partial charge < -0.3 is 5.73 Å². The molecule has 1 aromatic carbocycles. The Morgan fingerprint density at radius 1 is 1.15 bits per heavy atom. The number of nitrogens with zero attached hydrogens (tertiary/aromatic N) is 3. The van der Waals surface area contributed by atoms with E-state index in [1.165, 1.54) is 24.4 Å². The molecule has 6 heteroatoms. The van der Waals surface area contributed by atoms with Gasteiger partial charge in [0, 0.05) is 12.1 Å². The van der Waals surface area contributed by atoms with E-state index in [0.29, 0.717) is 22.5 Å². The van der Waals surface area contributed by atoms with Crippen molar-refractivity contribution in [1.82, 2.24) is 14.5 Å². The zero-order valence-corrected chi connectivity index (χ0v) is 10.7. The molecule has 0 aliphatic heterocycles. The molecule has 4 nitrogen and oxygen atoms in total. The van der Waals surface area contributed by atoms with Gasteiger partial charge in [-0.25, -0.2) is 13.8 Å². The third kappa shape index (κ3) is 2.04. The minimum Gasteiger partial charge on any atom is -0.322 e. The second kappa shape index (κ2) is 4.64. The molecular formula is C14H12F2N4. The van der Waals surface area contributed by atoms with Crippen molar-refractivity contribution in [3.8, 4) is 5.69 Å². The van der Waals surface area contributed by atoms with Crippen molar-refractivity contribution in [2.24, 2.45) is 5.73 Å². The minimum atomic E-state index is -0.456. The lowest BCUT2D eigenvalue weighted by molar-refractivity contribution is 0.618. The normalized spacial score (nSPS) is 12.8. The van der Waals surface area contributed by atoms with Crippen LogP contribution in [0.4, 0.5) is 8.78 Å². The second-order valence-electron chi connectivity index (χ2n) is 4.59. The molecule has 1 unspecified atom stereocenters. The summed E-state index contributed by atoms with van der Waals surface area (Å²) in [6.07, 6.45) is 2.63. The lowest BCUT2D eigenvalue weighted by atomic mass is 10.3. The third-order valence-corrected chi connectivity index (χ3v) is 3.00. The Hall–Kier alpha value is -2.34. The first-order chi connectivity index (χ1) is 9.56. The molecule has 102 valence electrons. The zero-order valence-electron chi connectivity index (χ0n) is 10.7. The topological polar surface area (TPSA) is 56.7 Å². The van der Waals surface area contributed by atoms with Crippen LogP contribution in [0.1, 0.15) is 18.8 Å². The van der Waals surface area contributed by atoms with E-state index in [1.807, 2.05) is 0 Å². The predicted molar refractivity (Wildman–Crippen MR) is 71.4 cm³/mol. The van der Waals surface area contributed by atoms with E-state index in [-0.39, 0.29) is 11.9 Å². The van der Waals surface area contributed by atoms with Crippen molar-refractivity contribution in [2.45, 2.75) is 13.0 Å². The number of halogens is 2. The monoisotopic (exact) mass is 274 g/mol. The fraction of sp³-hybridized carbons (Fsp3) is 0.143. The van der Waals surface area contributed by atoms with Crippen LogP contribution in [0, 0.1) is 11.6 Å². The predicted octanol–water partition coefficient (Wildman–Crippen LogP) is 2.72. The van der Waals surface area contributed by atoms with Crippen molar-refractivity contribution in [3.05, 3.63) is 54.1 Å². The fourth-order valence-corrected chi connectivity index (χ4v) is 2.17. The second-order valence-corrected chi connectivity index (χ2v) is 4.59. The third-order valence-electron chi connectivity index (χ3n) is 3.00. The summed E-state index contributed by atoms with van der Waals surface area (Å²) in [5.74, 6) is -0.309. The number of aromatic nitrogens is 3. The highest BCUT2D eigenvalue weighted by Crippen LogP contribution is 2.25. The number of rotatable bonds is 2. The van der Waals surface area contributed by atoms with Crippen molar-refractivity contribution in [3.63, 3.8) is 0 Å². The molecule has 0 aliphatic carbocycles. The number of imidazole rings is 1. The maximum atomic E-state index is 13.4. The number of pyridine rings is 1. The molecule has 0 radical (unpaired) electrons. The summed E-state index contributed by atoms with van der Waals surface area (Å²) in [6.45, 7) is 1.76. The Bertz CT molecular complexity index is 780. The molecule has 2 N–H and O–H groups in total. The first-order valence-corrected chi connectivity index (χ1v) is 6.10. The van der Waals surface area contributed by atoms with E-state index in [1.54, 1.807) is 17.6 Å². The Morgan fingerprint density at radius 2 is 1.95 bits per heavy atom. The van der Waals surface area contributed by atoms with Crippen LogP contribution in [-0.2, 0) is 0 Å². The van der Waals surface area contributed by atoms with E-state index in [0.717, 1.165) is 6.20 Å². The van der Waals surface area contributed by atoms with Crippen LogP contribution in [0.3, 0.4) is 0 Å². The maximum absolute atomic E-state index is 13.4. The quantitative estimate of drug-likeness (QED) is 0.781. The molecule has 0 amide bonds. The van der Waals surface area contributed by atoms with Gasteiger partial charge in [-0.05, 0) is 19.1 Å². The fourth-order valence-electron chi connectivity index (χ4n) is 2.17. The molecule has 0 saturated carbocycles. The molecule has 3 aromatic rings. The molecule has 0 spiro atoms. The van der Waals surface area contributed by atoms with Gasteiger partial charge in [0.25, 0.3) is 0 Å². The Kier molecular flexibility index (Phi) is 2.94. The van der Waals surface area contributed by atoms with Gasteiger partial charge in [-0.15, -0.1) is 0 Å². The van der Waals surface area contributed by atoms with Gasteiger partial charge in [-0.3, -0.25) is 9.55 Å². The van der Waals surface area contributed by atoms with Crippen LogP contribution in [0.15, 0.2) is 36.7 Å². The van der Waals surface area contributed by atoms with Crippen molar-refractivity contribution >= 4 is 11.0 Å². The number of benzene rings is 1. The zero-order chi connectivity index (χ0) is 14.3. The van der Waals surface area contributed by atoms with Gasteiger partial charge in [-0.1, -0.05) is 0 Å². The van der Waals surface area contributed by atoms with Crippen LogP contribution in [0.2, 0.25) is 0 Å². The van der Waals surface area contributed by atoms with Gasteiger partial charge in [-0.2, -0.15) is 0 Å². The molecule has 0 fully saturated rings. The number of fused-ring (bicyclic) bond motifs is 1. The highest BCUT2D eigenvalue weighted by Gasteiger charge is 2.16. The van der Waals surface area contributed by atoms with E-state index >= 15 is 0 Å². The lowest BCUT2D eigenvalue weighted by Crippen LogP contribution is -2.12. The van der Waals surface area contributed by atoms with Gasteiger partial charge in [0.15, 0.2) is 0 Å². The average Bonchev–Trinajstić information content (AvgIpc) is 2.77. The van der Waals surface area contributed by atoms with Crippen LogP contribution in [0.25, 0.3) is 16.7 Å². The Balaban J connectivity index is 2.34. The highest BCUT2D eigenvalue weighted by molar-refractivity contribution is 5.78. The highest BCUT2D eigenvalue weighted by atomic mass is 19.1. The number of hydrogen-bond donors (Lipinski definition) is 1. The molecule has 20 heavy (non-hydrogen) atoms. The molecule has 3 rings (SSSR count). The minimum absolute atomic E-state index is 0.379. The molecule has 0 saturated heterocycles. The number of nitrogens with two attached hydrogens (primary N) is 1. The summed E-state index contributed by atoms with van der Waals surface area (Å²) in [4.78, 5) is 8.15. The molecule has 0 aliphatic rings. The van der Waals surface area contributed by atoms with Crippen molar-refractivity contribution < 1.29 is 8.78 Å². The van der Waals surface area contributed by atoms with E-state index in [2.05, 4.69) is 9.97 Å². The molecule has 1 atom stereocenters. The van der Waals surface area contributed by atoms with Crippen LogP contribution >= 0.6 is 0 Å². The summed E-state index contributed by atoms with van der Waals surface area (Å²) >= 11 is 0. The summed E-state index contributed by atoms with van der Waals surface area (Å²) in [5, 5.41) is 0. The summed E-state index contributed by atoms with van der Waals surface area (Å²) < 4.78 is 28.4. The Labute approximate surface area is 113 Å². The van der Waals surface area contributed by atoms with Gasteiger partial charge in [0.1, 0.15) is 17.5 Å². The summed E-state index contributed by atoms with van der Waals surface area (Å²) in [6, 6.07) is 5.20. The summed E-state index contributed by atoms with van der Waals surface area (Å²) in [7, 11) is 0. The van der Waals surface area contributed by atoms with Crippen molar-refractivity contribution in [1.29, 1.82) is 0 Å². The van der Waals surface area contributed by atoms with Gasteiger partial charge >= 0.3 is 0 Å². The smallest absolute Gasteiger partial charge is 0.143 e. The van der Waals surface area contributed by atoms with Gasteiger partial charge in [0.2, 0.25) is 0 Å². The number of hydrogen-bond acceptors (Lipinski definition) is 3. The molecule has 2 aromatic heterocycles. The molecular weight excluding hydrogens is 262 g/mol. The summed E-state index contributed by atoms with van der Waals surface area (Å²) in [5.41, 5.74) is 7.54. The lowest BCUT2D eigenvalue weighted by Gasteiger charge is -2.11. The maximum Gasteiger partial charge on any atom is 0.143 e.